The predicted octanol–water partition coefficient (Wildman–Crippen LogP) is 2.23. The normalized spacial score (nSPS) is 10.4. The van der Waals surface area contributed by atoms with Crippen molar-refractivity contribution >= 4 is 17.6 Å². The van der Waals surface area contributed by atoms with Crippen molar-refractivity contribution in [3.63, 3.8) is 0 Å². The van der Waals surface area contributed by atoms with E-state index in [0.717, 1.165) is 16.8 Å². The third-order valence-corrected chi connectivity index (χ3v) is 3.28. The molecule has 0 saturated carbocycles. The van der Waals surface area contributed by atoms with Gasteiger partial charge in [-0.1, -0.05) is 12.1 Å². The Labute approximate surface area is 122 Å². The van der Waals surface area contributed by atoms with E-state index < -0.39 is 5.97 Å². The van der Waals surface area contributed by atoms with E-state index in [-0.39, 0.29) is 24.6 Å². The first-order valence-corrected chi connectivity index (χ1v) is 6.60. The lowest BCUT2D eigenvalue weighted by atomic mass is 10.1. The molecule has 0 radical (unpaired) electrons. The Kier molecular flexibility index (Phi) is 4.37. The summed E-state index contributed by atoms with van der Waals surface area (Å²) in [5, 5.41) is 15.5. The molecule has 21 heavy (non-hydrogen) atoms. The van der Waals surface area contributed by atoms with Gasteiger partial charge in [0.25, 0.3) is 5.91 Å². The number of nitrogens with one attached hydrogen (secondary N) is 1. The largest absolute Gasteiger partial charge is 0.481 e. The second-order valence-corrected chi connectivity index (χ2v) is 4.81. The molecule has 0 aliphatic rings. The standard InChI is InChI=1S/C15H17N3O3/c1-10-4-3-5-12(11(10)2)16-15(21)13-6-8-18(17-13)9-7-14(19)20/h3-6,8H,7,9H2,1-2H3,(H,16,21)(H,19,20). The summed E-state index contributed by atoms with van der Waals surface area (Å²) in [7, 11) is 0. The van der Waals surface area contributed by atoms with Crippen LogP contribution in [0, 0.1) is 13.8 Å². The molecule has 0 aliphatic heterocycles. The topological polar surface area (TPSA) is 84.2 Å². The lowest BCUT2D eigenvalue weighted by molar-refractivity contribution is -0.137. The zero-order valence-corrected chi connectivity index (χ0v) is 12.0. The molecular weight excluding hydrogens is 270 g/mol. The van der Waals surface area contributed by atoms with Gasteiger partial charge in [-0.2, -0.15) is 5.10 Å². The van der Waals surface area contributed by atoms with Crippen LogP contribution >= 0.6 is 0 Å². The summed E-state index contributed by atoms with van der Waals surface area (Å²) in [4.78, 5) is 22.6. The van der Waals surface area contributed by atoms with Gasteiger partial charge >= 0.3 is 5.97 Å². The second-order valence-electron chi connectivity index (χ2n) is 4.81. The number of carbonyl (C=O) groups is 2. The Morgan fingerprint density at radius 1 is 1.29 bits per heavy atom. The van der Waals surface area contributed by atoms with Crippen molar-refractivity contribution in [3.05, 3.63) is 47.3 Å². The monoisotopic (exact) mass is 287 g/mol. The fraction of sp³-hybridized carbons (Fsp3) is 0.267. The number of carbonyl (C=O) groups excluding carboxylic acids is 1. The molecule has 2 rings (SSSR count). The number of aryl methyl sites for hydroxylation is 2. The van der Waals surface area contributed by atoms with Gasteiger partial charge in [0.15, 0.2) is 5.69 Å². The molecule has 6 heteroatoms. The first-order valence-electron chi connectivity index (χ1n) is 6.60. The fourth-order valence-corrected chi connectivity index (χ4v) is 1.89. The van der Waals surface area contributed by atoms with Crippen molar-refractivity contribution in [2.45, 2.75) is 26.8 Å². The number of nitrogens with zero attached hydrogens (tertiary/aromatic N) is 2. The molecule has 0 spiro atoms. The summed E-state index contributed by atoms with van der Waals surface area (Å²) in [5.41, 5.74) is 3.12. The summed E-state index contributed by atoms with van der Waals surface area (Å²) in [6.07, 6.45) is 1.57. The molecule has 1 aromatic heterocycles. The summed E-state index contributed by atoms with van der Waals surface area (Å²) < 4.78 is 1.45. The van der Waals surface area contributed by atoms with Crippen LogP contribution in [0.4, 0.5) is 5.69 Å². The van der Waals surface area contributed by atoms with Gasteiger partial charge in [-0.05, 0) is 37.1 Å². The predicted molar refractivity (Wildman–Crippen MR) is 78.3 cm³/mol. The number of aromatic nitrogens is 2. The smallest absolute Gasteiger partial charge is 0.305 e. The maximum Gasteiger partial charge on any atom is 0.305 e. The van der Waals surface area contributed by atoms with Crippen LogP contribution in [-0.4, -0.2) is 26.8 Å². The third kappa shape index (κ3) is 3.68. The van der Waals surface area contributed by atoms with Crippen molar-refractivity contribution in [1.82, 2.24) is 9.78 Å². The second kappa shape index (κ2) is 6.21. The number of carboxylic acid groups (broad SMARTS) is 1. The number of carboxylic acids is 1. The van der Waals surface area contributed by atoms with Crippen LogP contribution in [0.25, 0.3) is 0 Å². The molecule has 2 N–H and O–H groups in total. The highest BCUT2D eigenvalue weighted by Crippen LogP contribution is 2.18. The molecular formula is C15H17N3O3. The molecule has 0 fully saturated rings. The van der Waals surface area contributed by atoms with E-state index in [4.69, 9.17) is 5.11 Å². The van der Waals surface area contributed by atoms with Gasteiger partial charge in [0.1, 0.15) is 0 Å². The maximum absolute atomic E-state index is 12.1. The van der Waals surface area contributed by atoms with Crippen LogP contribution < -0.4 is 5.32 Å². The zero-order chi connectivity index (χ0) is 15.4. The first kappa shape index (κ1) is 14.8. The zero-order valence-electron chi connectivity index (χ0n) is 12.0. The van der Waals surface area contributed by atoms with Crippen LogP contribution in [0.1, 0.15) is 28.0 Å². The number of benzene rings is 1. The first-order chi connectivity index (χ1) is 9.97. The summed E-state index contributed by atoms with van der Waals surface area (Å²) >= 11 is 0. The number of hydrogen-bond donors (Lipinski definition) is 2. The van der Waals surface area contributed by atoms with Gasteiger partial charge < -0.3 is 10.4 Å². The van der Waals surface area contributed by atoms with E-state index in [1.54, 1.807) is 12.3 Å². The minimum absolute atomic E-state index is 0.0280. The van der Waals surface area contributed by atoms with E-state index in [1.165, 1.54) is 4.68 Å². The molecule has 6 nitrogen and oxygen atoms in total. The number of hydrogen-bond acceptors (Lipinski definition) is 3. The minimum atomic E-state index is -0.896. The van der Waals surface area contributed by atoms with Crippen molar-refractivity contribution in [2.24, 2.45) is 0 Å². The van der Waals surface area contributed by atoms with Crippen LogP contribution in [0.5, 0.6) is 0 Å². The SMILES string of the molecule is Cc1cccc(NC(=O)c2ccn(CCC(=O)O)n2)c1C. The van der Waals surface area contributed by atoms with E-state index in [9.17, 15) is 9.59 Å². The Balaban J connectivity index is 2.07. The fourth-order valence-electron chi connectivity index (χ4n) is 1.89. The Morgan fingerprint density at radius 3 is 2.76 bits per heavy atom. The molecule has 1 heterocycles. The molecule has 2 aromatic rings. The number of anilines is 1. The highest BCUT2D eigenvalue weighted by molar-refractivity contribution is 6.03. The van der Waals surface area contributed by atoms with Crippen molar-refractivity contribution < 1.29 is 14.7 Å². The molecule has 0 saturated heterocycles. The minimum Gasteiger partial charge on any atom is -0.481 e. The Hall–Kier alpha value is -2.63. The number of rotatable bonds is 5. The molecule has 110 valence electrons. The van der Waals surface area contributed by atoms with Gasteiger partial charge in [0.05, 0.1) is 13.0 Å². The van der Waals surface area contributed by atoms with Crippen LogP contribution in [0.3, 0.4) is 0 Å². The lowest BCUT2D eigenvalue weighted by Crippen LogP contribution is -2.14. The summed E-state index contributed by atoms with van der Waals surface area (Å²) in [5.74, 6) is -1.20. The van der Waals surface area contributed by atoms with E-state index in [0.29, 0.717) is 0 Å². The Morgan fingerprint density at radius 2 is 2.05 bits per heavy atom. The average molecular weight is 287 g/mol. The highest BCUT2D eigenvalue weighted by Gasteiger charge is 2.12. The lowest BCUT2D eigenvalue weighted by Gasteiger charge is -2.09. The van der Waals surface area contributed by atoms with E-state index in [1.807, 2.05) is 32.0 Å². The summed E-state index contributed by atoms with van der Waals surface area (Å²) in [6, 6.07) is 7.26. The molecule has 1 aromatic carbocycles. The van der Waals surface area contributed by atoms with Crippen molar-refractivity contribution in [1.29, 1.82) is 0 Å². The number of amides is 1. The van der Waals surface area contributed by atoms with Crippen LogP contribution in [0.15, 0.2) is 30.5 Å². The van der Waals surface area contributed by atoms with E-state index >= 15 is 0 Å². The highest BCUT2D eigenvalue weighted by atomic mass is 16.4. The van der Waals surface area contributed by atoms with Crippen LogP contribution in [0.2, 0.25) is 0 Å². The van der Waals surface area contributed by atoms with E-state index in [2.05, 4.69) is 10.4 Å². The maximum atomic E-state index is 12.1. The van der Waals surface area contributed by atoms with Gasteiger partial charge in [-0.25, -0.2) is 0 Å². The third-order valence-electron chi connectivity index (χ3n) is 3.28. The summed E-state index contributed by atoms with van der Waals surface area (Å²) in [6.45, 7) is 4.16. The van der Waals surface area contributed by atoms with Gasteiger partial charge in [0.2, 0.25) is 0 Å². The van der Waals surface area contributed by atoms with Gasteiger partial charge in [0, 0.05) is 11.9 Å². The van der Waals surface area contributed by atoms with Crippen molar-refractivity contribution in [3.8, 4) is 0 Å². The molecule has 0 atom stereocenters. The molecule has 0 bridgehead atoms. The van der Waals surface area contributed by atoms with Crippen molar-refractivity contribution in [2.75, 3.05) is 5.32 Å². The van der Waals surface area contributed by atoms with Gasteiger partial charge in [-0.3, -0.25) is 14.3 Å². The average Bonchev–Trinajstić information content (AvgIpc) is 2.90. The Bertz CT molecular complexity index is 677. The quantitative estimate of drug-likeness (QED) is 0.883. The number of aliphatic carboxylic acids is 1. The van der Waals surface area contributed by atoms with Crippen LogP contribution in [-0.2, 0) is 11.3 Å². The molecule has 1 amide bonds. The van der Waals surface area contributed by atoms with Gasteiger partial charge in [-0.15, -0.1) is 0 Å². The molecule has 0 unspecified atom stereocenters. The molecule has 0 aliphatic carbocycles.